The van der Waals surface area contributed by atoms with Gasteiger partial charge in [0.1, 0.15) is 0 Å². The number of thioether (sulfide) groups is 1. The number of benzene rings is 1. The molecule has 0 fully saturated rings. The lowest BCUT2D eigenvalue weighted by molar-refractivity contribution is -0.124. The summed E-state index contributed by atoms with van der Waals surface area (Å²) < 4.78 is 7.46. The van der Waals surface area contributed by atoms with E-state index in [0.29, 0.717) is 16.9 Å². The third-order valence-corrected chi connectivity index (χ3v) is 6.20. The number of hydrogen-bond donors (Lipinski definition) is 1. The predicted octanol–water partition coefficient (Wildman–Crippen LogP) is 5.21. The lowest BCUT2D eigenvalue weighted by atomic mass is 10.2. The molecular weight excluding hydrogens is 488 g/mol. The van der Waals surface area contributed by atoms with Crippen LogP contribution in [0.5, 0.6) is 5.88 Å². The summed E-state index contributed by atoms with van der Waals surface area (Å²) >= 11 is 9.91. The van der Waals surface area contributed by atoms with Crippen LogP contribution in [0.3, 0.4) is 0 Å². The van der Waals surface area contributed by atoms with Crippen molar-refractivity contribution < 1.29 is 9.53 Å². The number of rotatable bonds is 6. The number of nitrogens with one attached hydrogen (secondary N) is 1. The lowest BCUT2D eigenvalue weighted by Gasteiger charge is -2.17. The van der Waals surface area contributed by atoms with Crippen LogP contribution in [-0.2, 0) is 11.3 Å². The highest BCUT2D eigenvalue weighted by atomic mass is 79.9. The van der Waals surface area contributed by atoms with E-state index >= 15 is 0 Å². The zero-order chi connectivity index (χ0) is 17.8. The molecule has 1 aromatic carbocycles. The molecule has 2 heterocycles. The minimum atomic E-state index is -0.677. The van der Waals surface area contributed by atoms with Gasteiger partial charge < -0.3 is 10.1 Å². The van der Waals surface area contributed by atoms with Crippen molar-refractivity contribution in [1.82, 2.24) is 10.3 Å². The van der Waals surface area contributed by atoms with Gasteiger partial charge in [-0.25, -0.2) is 4.98 Å². The molecule has 130 valence electrons. The Balaban J connectivity index is 1.76. The maximum Gasteiger partial charge on any atom is 0.272 e. The van der Waals surface area contributed by atoms with Gasteiger partial charge in [-0.1, -0.05) is 18.2 Å². The molecule has 0 aliphatic heterocycles. The van der Waals surface area contributed by atoms with E-state index in [9.17, 15) is 4.79 Å². The molecule has 0 radical (unpaired) electrons. The van der Waals surface area contributed by atoms with Crippen molar-refractivity contribution in [3.8, 4) is 5.88 Å². The standard InChI is InChI=1S/C17H14Br2N2O2S2/c1-24-17(15(22)20-9-11-5-3-7-25-11)23-16-13(19)8-10-4-2-6-12(18)14(10)21-16/h2-8,17H,9H2,1H3,(H,20,22). The third kappa shape index (κ3) is 4.55. The second-order valence-electron chi connectivity index (χ2n) is 5.07. The normalized spacial score (nSPS) is 12.1. The number of fused-ring (bicyclic) bond motifs is 1. The Hall–Kier alpha value is -1.09. The summed E-state index contributed by atoms with van der Waals surface area (Å²) in [5.41, 5.74) is 0.114. The minimum absolute atomic E-state index is 0.179. The maximum absolute atomic E-state index is 12.4. The SMILES string of the molecule is CSC(Oc1nc2c(Br)cccc2cc1Br)C(=O)NCc1cccs1. The molecule has 0 saturated heterocycles. The van der Waals surface area contributed by atoms with Crippen LogP contribution >= 0.6 is 55.0 Å². The molecule has 0 aliphatic carbocycles. The molecule has 0 aliphatic rings. The number of para-hydroxylation sites is 1. The van der Waals surface area contributed by atoms with Crippen molar-refractivity contribution in [2.24, 2.45) is 0 Å². The number of nitrogens with zero attached hydrogens (tertiary/aromatic N) is 1. The fourth-order valence-corrected chi connectivity index (χ4v) is 4.21. The topological polar surface area (TPSA) is 51.2 Å². The van der Waals surface area contributed by atoms with Gasteiger partial charge in [0, 0.05) is 14.7 Å². The minimum Gasteiger partial charge on any atom is -0.452 e. The fourth-order valence-electron chi connectivity index (χ4n) is 2.18. The highest BCUT2D eigenvalue weighted by molar-refractivity contribution is 9.11. The van der Waals surface area contributed by atoms with Crippen LogP contribution in [0, 0.1) is 0 Å². The Bertz CT molecular complexity index is 888. The molecule has 25 heavy (non-hydrogen) atoms. The molecule has 1 unspecified atom stereocenters. The Kier molecular flexibility index (Phi) is 6.38. The van der Waals surface area contributed by atoms with Gasteiger partial charge in [-0.3, -0.25) is 4.79 Å². The molecular formula is C17H14Br2N2O2S2. The van der Waals surface area contributed by atoms with E-state index in [2.05, 4.69) is 42.2 Å². The molecule has 0 bridgehead atoms. The summed E-state index contributed by atoms with van der Waals surface area (Å²) in [6, 6.07) is 11.7. The van der Waals surface area contributed by atoms with Crippen molar-refractivity contribution in [1.29, 1.82) is 0 Å². The first kappa shape index (κ1) is 18.7. The zero-order valence-electron chi connectivity index (χ0n) is 13.2. The van der Waals surface area contributed by atoms with E-state index < -0.39 is 5.44 Å². The zero-order valence-corrected chi connectivity index (χ0v) is 18.0. The van der Waals surface area contributed by atoms with E-state index in [1.807, 2.05) is 48.0 Å². The second-order valence-corrected chi connectivity index (χ2v) is 8.71. The summed E-state index contributed by atoms with van der Waals surface area (Å²) in [5, 5.41) is 5.86. The van der Waals surface area contributed by atoms with Crippen molar-refractivity contribution >= 4 is 71.8 Å². The Morgan fingerprint density at radius 2 is 2.16 bits per heavy atom. The summed E-state index contributed by atoms with van der Waals surface area (Å²) in [6.45, 7) is 0.495. The maximum atomic E-state index is 12.4. The Labute approximate surface area is 170 Å². The number of pyridine rings is 1. The third-order valence-electron chi connectivity index (χ3n) is 3.38. The molecule has 1 atom stereocenters. The number of amides is 1. The van der Waals surface area contributed by atoms with Gasteiger partial charge >= 0.3 is 0 Å². The van der Waals surface area contributed by atoms with Crippen molar-refractivity contribution in [3.63, 3.8) is 0 Å². The van der Waals surface area contributed by atoms with Gasteiger partial charge in [-0.2, -0.15) is 0 Å². The molecule has 0 spiro atoms. The molecule has 1 amide bonds. The van der Waals surface area contributed by atoms with Crippen LogP contribution in [0.25, 0.3) is 10.9 Å². The molecule has 1 N–H and O–H groups in total. The van der Waals surface area contributed by atoms with E-state index in [0.717, 1.165) is 20.3 Å². The summed E-state index contributed by atoms with van der Waals surface area (Å²) in [7, 11) is 0. The van der Waals surface area contributed by atoms with Crippen LogP contribution in [-0.4, -0.2) is 22.6 Å². The number of thiophene rings is 1. The van der Waals surface area contributed by atoms with Gasteiger partial charge in [0.25, 0.3) is 5.91 Å². The first-order valence-corrected chi connectivity index (χ1v) is 11.1. The highest BCUT2D eigenvalue weighted by Gasteiger charge is 2.21. The van der Waals surface area contributed by atoms with Crippen molar-refractivity contribution in [3.05, 3.63) is 55.6 Å². The van der Waals surface area contributed by atoms with Crippen LogP contribution in [0.15, 0.2) is 50.7 Å². The van der Waals surface area contributed by atoms with Crippen LogP contribution in [0.1, 0.15) is 4.88 Å². The molecule has 0 saturated carbocycles. The highest BCUT2D eigenvalue weighted by Crippen LogP contribution is 2.32. The van der Waals surface area contributed by atoms with Crippen LogP contribution in [0.2, 0.25) is 0 Å². The predicted molar refractivity (Wildman–Crippen MR) is 111 cm³/mol. The largest absolute Gasteiger partial charge is 0.452 e. The molecule has 2 aromatic heterocycles. The summed E-state index contributed by atoms with van der Waals surface area (Å²) in [6.07, 6.45) is 1.83. The Morgan fingerprint density at radius 1 is 1.32 bits per heavy atom. The van der Waals surface area contributed by atoms with E-state index in [4.69, 9.17) is 4.74 Å². The number of aromatic nitrogens is 1. The second kappa shape index (κ2) is 8.53. The van der Waals surface area contributed by atoms with Gasteiger partial charge in [0.05, 0.1) is 16.5 Å². The van der Waals surface area contributed by atoms with Crippen molar-refractivity contribution in [2.75, 3.05) is 6.26 Å². The first-order valence-electron chi connectivity index (χ1n) is 7.33. The van der Waals surface area contributed by atoms with E-state index in [-0.39, 0.29) is 5.91 Å². The van der Waals surface area contributed by atoms with Crippen molar-refractivity contribution in [2.45, 2.75) is 12.0 Å². The summed E-state index contributed by atoms with van der Waals surface area (Å²) in [5.74, 6) is 0.215. The smallest absolute Gasteiger partial charge is 0.272 e. The van der Waals surface area contributed by atoms with Gasteiger partial charge in [-0.15, -0.1) is 23.1 Å². The number of hydrogen-bond acceptors (Lipinski definition) is 5. The van der Waals surface area contributed by atoms with Gasteiger partial charge in [0.2, 0.25) is 11.3 Å². The van der Waals surface area contributed by atoms with E-state index in [1.54, 1.807) is 11.3 Å². The molecule has 8 heteroatoms. The average Bonchev–Trinajstić information content (AvgIpc) is 3.12. The number of ether oxygens (including phenoxy) is 1. The van der Waals surface area contributed by atoms with E-state index in [1.165, 1.54) is 11.8 Å². The number of carbonyl (C=O) groups excluding carboxylic acids is 1. The quantitative estimate of drug-likeness (QED) is 0.471. The molecule has 4 nitrogen and oxygen atoms in total. The molecule has 3 aromatic rings. The molecule has 3 rings (SSSR count). The average molecular weight is 502 g/mol. The fraction of sp³-hybridized carbons (Fsp3) is 0.176. The number of halogens is 2. The lowest BCUT2D eigenvalue weighted by Crippen LogP contribution is -2.35. The van der Waals surface area contributed by atoms with Gasteiger partial charge in [-0.05, 0) is 61.7 Å². The Morgan fingerprint density at radius 3 is 2.88 bits per heavy atom. The van der Waals surface area contributed by atoms with Gasteiger partial charge in [0.15, 0.2) is 0 Å². The first-order chi connectivity index (χ1) is 12.1. The summed E-state index contributed by atoms with van der Waals surface area (Å²) in [4.78, 5) is 18.1. The monoisotopic (exact) mass is 500 g/mol. The van der Waals surface area contributed by atoms with Crippen LogP contribution < -0.4 is 10.1 Å². The van der Waals surface area contributed by atoms with Crippen LogP contribution in [0.4, 0.5) is 0 Å². The number of carbonyl (C=O) groups is 1.